The molecule has 4 aromatic carbocycles. The highest BCUT2D eigenvalue weighted by Crippen LogP contribution is 2.53. The van der Waals surface area contributed by atoms with Crippen LogP contribution in [0.15, 0.2) is 146 Å². The van der Waals surface area contributed by atoms with Gasteiger partial charge in [0, 0.05) is 84.7 Å². The van der Waals surface area contributed by atoms with Crippen LogP contribution in [0.25, 0.3) is 0 Å². The van der Waals surface area contributed by atoms with Crippen LogP contribution in [0.3, 0.4) is 0 Å². The van der Waals surface area contributed by atoms with Crippen LogP contribution in [0.5, 0.6) is 34.5 Å². The molecular weight excluding hydrogens is 1160 g/mol. The Hall–Kier alpha value is -8.77. The van der Waals surface area contributed by atoms with Crippen LogP contribution < -0.4 is 28.4 Å². The predicted octanol–water partition coefficient (Wildman–Crippen LogP) is 8.84. The molecule has 21 nitrogen and oxygen atoms in total. The summed E-state index contributed by atoms with van der Waals surface area (Å²) in [5, 5.41) is 0. The second-order valence-corrected chi connectivity index (χ2v) is 21.2. The van der Waals surface area contributed by atoms with E-state index in [1.807, 2.05) is 0 Å². The molecule has 90 heavy (non-hydrogen) atoms. The zero-order chi connectivity index (χ0) is 65.4. The van der Waals surface area contributed by atoms with E-state index in [4.69, 9.17) is 75.8 Å². The Morgan fingerprint density at radius 3 is 0.600 bits per heavy atom. The topological polar surface area (TPSA) is 233 Å². The summed E-state index contributed by atoms with van der Waals surface area (Å²) >= 11 is 0. The molecule has 16 bridgehead atoms. The summed E-state index contributed by atoms with van der Waals surface area (Å²) in [7, 11) is 22.0. The van der Waals surface area contributed by atoms with Crippen molar-refractivity contribution in [2.24, 2.45) is 0 Å². The van der Waals surface area contributed by atoms with E-state index in [-0.39, 0.29) is 73.4 Å². The van der Waals surface area contributed by atoms with E-state index in [2.05, 4.69) is 0 Å². The normalized spacial score (nSPS) is 27.8. The van der Waals surface area contributed by atoms with E-state index in [1.165, 1.54) is 162 Å². The van der Waals surface area contributed by atoms with Crippen LogP contribution in [0.4, 0.5) is 0 Å². The van der Waals surface area contributed by atoms with Gasteiger partial charge in [0.25, 0.3) is 0 Å². The third kappa shape index (κ3) is 9.73. The fraction of sp³-hybridized carbons (Fsp3) is 0.348. The maximum atomic E-state index is 15.2. The molecule has 0 fully saturated rings. The van der Waals surface area contributed by atoms with E-state index in [0.29, 0.717) is 16.7 Å². The summed E-state index contributed by atoms with van der Waals surface area (Å²) in [4.78, 5) is 74.5. The van der Waals surface area contributed by atoms with Gasteiger partial charge in [0.2, 0.25) is 17.3 Å². The average Bonchev–Trinajstić information content (AvgIpc) is 0.756. The van der Waals surface area contributed by atoms with Gasteiger partial charge in [0.1, 0.15) is 28.0 Å². The quantitative estimate of drug-likeness (QED) is 0.0752. The molecule has 29 rings (SSSR count). The van der Waals surface area contributed by atoms with Gasteiger partial charge in [-0.1, -0.05) is 30.3 Å². The number of Topliss-reactive ketones (excluding diaryl/α,β-unsaturated/α-hetero) is 3. The molecule has 0 atom stereocenters. The van der Waals surface area contributed by atoms with Gasteiger partial charge < -0.3 is 75.8 Å². The number of hydrogen-bond donors (Lipinski definition) is 0. The molecule has 0 heterocycles. The fourth-order valence-electron chi connectivity index (χ4n) is 12.6. The lowest BCUT2D eigenvalue weighted by Crippen LogP contribution is -2.45. The van der Waals surface area contributed by atoms with Gasteiger partial charge >= 0.3 is 11.9 Å². The molecular formula is C69H72O21. The Labute approximate surface area is 521 Å². The summed E-state index contributed by atoms with van der Waals surface area (Å²) in [5.41, 5.74) is -12.0. The Bertz CT molecular complexity index is 3760. The maximum Gasteiger partial charge on any atom is 0.339 e. The monoisotopic (exact) mass is 1240 g/mol. The highest BCUT2D eigenvalue weighted by molar-refractivity contribution is 6.12. The zero-order valence-corrected chi connectivity index (χ0v) is 52.9. The van der Waals surface area contributed by atoms with Crippen LogP contribution in [-0.4, -0.2) is 160 Å². The first-order valence-corrected chi connectivity index (χ1v) is 28.0. The van der Waals surface area contributed by atoms with Crippen LogP contribution in [0.1, 0.15) is 79.6 Å². The van der Waals surface area contributed by atoms with Crippen LogP contribution >= 0.6 is 0 Å². The van der Waals surface area contributed by atoms with E-state index >= 15 is 14.4 Å². The molecule has 0 saturated heterocycles. The lowest BCUT2D eigenvalue weighted by atomic mass is 9.75. The molecule has 4 aromatic rings. The smallest absolute Gasteiger partial charge is 0.339 e. The van der Waals surface area contributed by atoms with E-state index in [1.54, 1.807) is 97.2 Å². The van der Waals surface area contributed by atoms with Crippen LogP contribution in [-0.2, 0) is 75.4 Å². The van der Waals surface area contributed by atoms with Crippen molar-refractivity contribution in [2.75, 3.05) is 114 Å². The van der Waals surface area contributed by atoms with Crippen molar-refractivity contribution >= 4 is 29.3 Å². The van der Waals surface area contributed by atoms with Crippen LogP contribution in [0.2, 0.25) is 0 Å². The number of carbonyl (C=O) groups excluding carboxylic acids is 5. The van der Waals surface area contributed by atoms with Gasteiger partial charge in [-0.3, -0.25) is 14.4 Å². The number of carbonyl (C=O) groups is 5. The molecule has 0 aromatic heterocycles. The first-order valence-electron chi connectivity index (χ1n) is 28.0. The van der Waals surface area contributed by atoms with E-state index < -0.39 is 74.1 Å². The van der Waals surface area contributed by atoms with Crippen molar-refractivity contribution < 1.29 is 99.8 Å². The summed E-state index contributed by atoms with van der Waals surface area (Å²) < 4.78 is 96.7. The van der Waals surface area contributed by atoms with Gasteiger partial charge in [-0.25, -0.2) is 9.59 Å². The largest absolute Gasteiger partial charge is 0.492 e. The van der Waals surface area contributed by atoms with Gasteiger partial charge in [0.05, 0.1) is 84.7 Å². The fourth-order valence-corrected chi connectivity index (χ4v) is 12.6. The number of rotatable bonds is 16. The molecule has 21 heteroatoms. The van der Waals surface area contributed by atoms with Crippen molar-refractivity contribution in [1.82, 2.24) is 0 Å². The van der Waals surface area contributed by atoms with Crippen molar-refractivity contribution in [3.05, 3.63) is 201 Å². The molecule has 0 unspecified atom stereocenters. The van der Waals surface area contributed by atoms with Crippen molar-refractivity contribution in [2.45, 2.75) is 44.8 Å². The Balaban J connectivity index is 1.30. The van der Waals surface area contributed by atoms with Crippen molar-refractivity contribution in [3.8, 4) is 34.5 Å². The number of esters is 2. The molecule has 0 amide bonds. The number of hydrogen-bond acceptors (Lipinski definition) is 21. The third-order valence-electron chi connectivity index (χ3n) is 17.8. The Morgan fingerprint density at radius 2 is 0.422 bits per heavy atom. The lowest BCUT2D eigenvalue weighted by molar-refractivity contribution is 0.0344. The van der Waals surface area contributed by atoms with Gasteiger partial charge in [-0.05, 0) is 115 Å². The first kappa shape index (κ1) is 65.7. The van der Waals surface area contributed by atoms with Gasteiger partial charge in [0.15, 0.2) is 51.3 Å². The molecule has 25 aliphatic carbocycles. The summed E-state index contributed by atoms with van der Waals surface area (Å²) in [5.74, 6) is -3.27. The number of methoxy groups -OCH3 is 16. The van der Waals surface area contributed by atoms with Gasteiger partial charge in [-0.15, -0.1) is 0 Å². The second-order valence-electron chi connectivity index (χ2n) is 21.2. The SMILES string of the molecule is COC(=O)c1c2ccc(c1C(=O)OC)C1(OC)C=CC(OC)(C=C1)c1ccc(c(OC)c1OC)C(=O)C1(OC)C=CC(OC)(C=C1)c1ccc(c(OC)c1OC)C(=O)C1(OC)C=CC(OC)(C=C1)C(=O)c1ccc(c(OC)c1OC)C1(OC)C=CC2(OC)C=C1. The minimum atomic E-state index is -1.84. The molecule has 0 N–H and O–H groups in total. The molecule has 474 valence electrons. The summed E-state index contributed by atoms with van der Waals surface area (Å²) in [6.07, 6.45) is 25.3. The standard InChI is InChI=1S/C69H72O21/c1-75-51-41-17-20-46(54(51)78-4)64(85-11)29-25-62(83-9,26-30-64)44-23-24-45(50(61(74)82-8)49(44)60(73)81-7)63(84-10)27-31-65(86-12,32-28-63)47-21-18-42(52(76-2)55(47)79-5)58(71)68(89-15)37-39-69(90-16,40-38-68)59(72)43-19-22-48(56(80-6)53(43)77-3)66(87-13)33-35-67(88-14,36-34-66)57(41)70/h17-40H,1-16H3. The maximum absolute atomic E-state index is 15.2. The third-order valence-corrected chi connectivity index (χ3v) is 17.8. The lowest BCUT2D eigenvalue weighted by Gasteiger charge is -2.39. The summed E-state index contributed by atoms with van der Waals surface area (Å²) in [6.45, 7) is 0. The molecule has 0 spiro atoms. The number of benzene rings is 4. The van der Waals surface area contributed by atoms with Crippen molar-refractivity contribution in [3.63, 3.8) is 0 Å². The minimum Gasteiger partial charge on any atom is -0.492 e. The van der Waals surface area contributed by atoms with Crippen LogP contribution in [0, 0.1) is 0 Å². The highest BCUT2D eigenvalue weighted by atomic mass is 16.6. The molecule has 25 aliphatic rings. The summed E-state index contributed by atoms with van der Waals surface area (Å²) in [6, 6.07) is 12.8. The van der Waals surface area contributed by atoms with E-state index in [9.17, 15) is 9.59 Å². The minimum absolute atomic E-state index is 0.00365. The molecule has 0 saturated carbocycles. The predicted molar refractivity (Wildman–Crippen MR) is 327 cm³/mol. The first-order chi connectivity index (χ1) is 43.2. The molecule has 0 radical (unpaired) electrons. The Kier molecular flexibility index (Phi) is 18.2. The van der Waals surface area contributed by atoms with E-state index in [0.717, 1.165) is 0 Å². The average molecular weight is 1240 g/mol. The number of ketones is 3. The zero-order valence-electron chi connectivity index (χ0n) is 52.9. The van der Waals surface area contributed by atoms with Crippen molar-refractivity contribution in [1.29, 1.82) is 0 Å². The second kappa shape index (κ2) is 24.9. The number of ether oxygens (including phenoxy) is 16. The highest BCUT2D eigenvalue weighted by Gasteiger charge is 2.51. The van der Waals surface area contributed by atoms with Gasteiger partial charge in [-0.2, -0.15) is 0 Å². The molecule has 0 aliphatic heterocycles. The Morgan fingerprint density at radius 1 is 0.244 bits per heavy atom.